The molecule has 1 aromatic heterocycles. The number of hydrogen-bond acceptors (Lipinski definition) is 6. The van der Waals surface area contributed by atoms with Gasteiger partial charge in [-0.2, -0.15) is 0 Å². The van der Waals surface area contributed by atoms with E-state index >= 15 is 0 Å². The van der Waals surface area contributed by atoms with Gasteiger partial charge in [0, 0.05) is 30.7 Å². The Morgan fingerprint density at radius 3 is 2.47 bits per heavy atom. The number of urea groups is 1. The quantitative estimate of drug-likeness (QED) is 0.695. The number of carbonyl (C=O) groups excluding carboxylic acids is 3. The number of hydrogen-bond donors (Lipinski definition) is 2. The number of morpholine rings is 1. The van der Waals surface area contributed by atoms with E-state index in [0.717, 1.165) is 23.7 Å². The smallest absolute Gasteiger partial charge is 0.325 e. The van der Waals surface area contributed by atoms with Crippen LogP contribution >= 0.6 is 0 Å². The topological polar surface area (TPSA) is 104 Å². The maximum Gasteiger partial charge on any atom is 0.325 e. The van der Waals surface area contributed by atoms with Crippen LogP contribution in [0.3, 0.4) is 0 Å². The van der Waals surface area contributed by atoms with E-state index < -0.39 is 23.4 Å². The molecule has 0 bridgehead atoms. The van der Waals surface area contributed by atoms with Crippen molar-refractivity contribution < 1.29 is 19.1 Å². The van der Waals surface area contributed by atoms with Gasteiger partial charge in [-0.05, 0) is 57.2 Å². The number of amides is 4. The van der Waals surface area contributed by atoms with E-state index in [1.165, 1.54) is 0 Å². The first-order valence-electron chi connectivity index (χ1n) is 10.6. The van der Waals surface area contributed by atoms with E-state index in [1.807, 2.05) is 38.1 Å². The molecule has 2 aromatic rings. The number of rotatable bonds is 5. The first-order chi connectivity index (χ1) is 15.3. The molecule has 2 fully saturated rings. The lowest BCUT2D eigenvalue weighted by atomic mass is 9.97. The molecule has 4 rings (SSSR count). The van der Waals surface area contributed by atoms with Crippen molar-refractivity contribution in [3.63, 3.8) is 0 Å². The van der Waals surface area contributed by atoms with Gasteiger partial charge in [0.25, 0.3) is 5.91 Å². The maximum absolute atomic E-state index is 12.9. The summed E-state index contributed by atoms with van der Waals surface area (Å²) in [5, 5.41) is 5.40. The summed E-state index contributed by atoms with van der Waals surface area (Å²) >= 11 is 0. The Balaban J connectivity index is 1.38. The van der Waals surface area contributed by atoms with Crippen LogP contribution in [0.5, 0.6) is 0 Å². The normalized spacial score (nSPS) is 25.6. The molecule has 3 unspecified atom stereocenters. The van der Waals surface area contributed by atoms with Crippen molar-refractivity contribution in [2.45, 2.75) is 38.5 Å². The Hall–Kier alpha value is -3.46. The molecule has 32 heavy (non-hydrogen) atoms. The second-order valence-corrected chi connectivity index (χ2v) is 8.42. The molecular formula is C23H27N5O4. The SMILES string of the molecule is CC1CN(c2ccc(NC(=O)CN3C(=O)NC(C)(c4ccccn4)C3=O)cc2)CC(C)O1. The summed E-state index contributed by atoms with van der Waals surface area (Å²) in [6.45, 7) is 6.90. The second kappa shape index (κ2) is 8.58. The van der Waals surface area contributed by atoms with E-state index in [2.05, 4.69) is 20.5 Å². The van der Waals surface area contributed by atoms with Crippen molar-refractivity contribution in [3.8, 4) is 0 Å². The molecule has 3 atom stereocenters. The number of nitrogens with one attached hydrogen (secondary N) is 2. The highest BCUT2D eigenvalue weighted by Gasteiger charge is 2.50. The highest BCUT2D eigenvalue weighted by Crippen LogP contribution is 2.27. The second-order valence-electron chi connectivity index (χ2n) is 8.42. The molecule has 2 N–H and O–H groups in total. The molecule has 2 aliphatic rings. The molecule has 0 saturated carbocycles. The van der Waals surface area contributed by atoms with Gasteiger partial charge in [0.2, 0.25) is 5.91 Å². The van der Waals surface area contributed by atoms with Crippen LogP contribution in [-0.2, 0) is 19.9 Å². The molecule has 2 saturated heterocycles. The summed E-state index contributed by atoms with van der Waals surface area (Å²) < 4.78 is 5.77. The van der Waals surface area contributed by atoms with Crippen LogP contribution < -0.4 is 15.5 Å². The average molecular weight is 438 g/mol. The van der Waals surface area contributed by atoms with Crippen molar-refractivity contribution >= 4 is 29.2 Å². The van der Waals surface area contributed by atoms with Gasteiger partial charge in [0.05, 0.1) is 17.9 Å². The number of pyridine rings is 1. The zero-order valence-electron chi connectivity index (χ0n) is 18.4. The Bertz CT molecular complexity index is 1000. The summed E-state index contributed by atoms with van der Waals surface area (Å²) in [5.41, 5.74) is 0.758. The number of aromatic nitrogens is 1. The van der Waals surface area contributed by atoms with Gasteiger partial charge in [-0.1, -0.05) is 6.07 Å². The minimum atomic E-state index is -1.30. The predicted molar refractivity (Wildman–Crippen MR) is 119 cm³/mol. The number of benzene rings is 1. The van der Waals surface area contributed by atoms with Crippen LogP contribution in [0.4, 0.5) is 16.2 Å². The van der Waals surface area contributed by atoms with E-state index in [9.17, 15) is 14.4 Å². The van der Waals surface area contributed by atoms with Gasteiger partial charge in [-0.25, -0.2) is 4.79 Å². The van der Waals surface area contributed by atoms with Gasteiger partial charge in [-0.3, -0.25) is 19.5 Å². The van der Waals surface area contributed by atoms with E-state index in [-0.39, 0.29) is 18.8 Å². The minimum Gasteiger partial charge on any atom is -0.372 e. The number of nitrogens with zero attached hydrogens (tertiary/aromatic N) is 3. The van der Waals surface area contributed by atoms with Crippen molar-refractivity contribution in [2.24, 2.45) is 0 Å². The van der Waals surface area contributed by atoms with Gasteiger partial charge in [0.1, 0.15) is 6.54 Å². The number of anilines is 2. The summed E-state index contributed by atoms with van der Waals surface area (Å²) in [6.07, 6.45) is 1.86. The molecule has 0 radical (unpaired) electrons. The molecule has 9 heteroatoms. The fraction of sp³-hybridized carbons (Fsp3) is 0.391. The third kappa shape index (κ3) is 4.29. The van der Waals surface area contributed by atoms with Gasteiger partial charge in [-0.15, -0.1) is 0 Å². The van der Waals surface area contributed by atoms with Crippen LogP contribution in [-0.4, -0.2) is 59.6 Å². The lowest BCUT2D eigenvalue weighted by Gasteiger charge is -2.36. The highest BCUT2D eigenvalue weighted by atomic mass is 16.5. The Morgan fingerprint density at radius 2 is 1.84 bits per heavy atom. The molecule has 9 nitrogen and oxygen atoms in total. The summed E-state index contributed by atoms with van der Waals surface area (Å²) in [6, 6.07) is 12.0. The summed E-state index contributed by atoms with van der Waals surface area (Å²) in [7, 11) is 0. The van der Waals surface area contributed by atoms with Gasteiger partial charge in [0.15, 0.2) is 5.54 Å². The zero-order valence-corrected chi connectivity index (χ0v) is 18.4. The fourth-order valence-electron chi connectivity index (χ4n) is 4.16. The van der Waals surface area contributed by atoms with Crippen molar-refractivity contribution in [3.05, 3.63) is 54.4 Å². The van der Waals surface area contributed by atoms with E-state index in [4.69, 9.17) is 4.74 Å². The molecule has 0 spiro atoms. The Morgan fingerprint density at radius 1 is 1.16 bits per heavy atom. The molecule has 1 aromatic carbocycles. The highest BCUT2D eigenvalue weighted by molar-refractivity contribution is 6.10. The van der Waals surface area contributed by atoms with Crippen LogP contribution in [0, 0.1) is 0 Å². The standard InChI is InChI=1S/C23H27N5O4/c1-15-12-27(13-16(2)32-15)18-9-7-17(8-10-18)25-20(29)14-28-21(30)23(3,26-22(28)31)19-6-4-5-11-24-19/h4-11,15-16H,12-14H2,1-3H3,(H,25,29)(H,26,31). The molecular weight excluding hydrogens is 410 g/mol. The van der Waals surface area contributed by atoms with Crippen LogP contribution in [0.1, 0.15) is 26.5 Å². The first kappa shape index (κ1) is 21.8. The zero-order chi connectivity index (χ0) is 22.9. The summed E-state index contributed by atoms with van der Waals surface area (Å²) in [5.74, 6) is -0.970. The van der Waals surface area contributed by atoms with Crippen molar-refractivity contribution in [2.75, 3.05) is 29.9 Å². The molecule has 4 amide bonds. The Labute approximate surface area is 186 Å². The van der Waals surface area contributed by atoms with Crippen molar-refractivity contribution in [1.29, 1.82) is 0 Å². The fourth-order valence-corrected chi connectivity index (χ4v) is 4.16. The monoisotopic (exact) mass is 437 g/mol. The minimum absolute atomic E-state index is 0.152. The van der Waals surface area contributed by atoms with Crippen LogP contribution in [0.25, 0.3) is 0 Å². The molecule has 0 aliphatic carbocycles. The summed E-state index contributed by atoms with van der Waals surface area (Å²) in [4.78, 5) is 45.2. The average Bonchev–Trinajstić information content (AvgIpc) is 2.98. The predicted octanol–water partition coefficient (Wildman–Crippen LogP) is 2.10. The third-order valence-corrected chi connectivity index (χ3v) is 5.69. The molecule has 2 aliphatic heterocycles. The van der Waals surface area contributed by atoms with Gasteiger partial charge >= 0.3 is 6.03 Å². The van der Waals surface area contributed by atoms with Crippen LogP contribution in [0.15, 0.2) is 48.7 Å². The van der Waals surface area contributed by atoms with E-state index in [0.29, 0.717) is 11.4 Å². The Kier molecular flexibility index (Phi) is 5.84. The first-order valence-corrected chi connectivity index (χ1v) is 10.6. The number of ether oxygens (including phenoxy) is 1. The largest absolute Gasteiger partial charge is 0.372 e. The van der Waals surface area contributed by atoms with E-state index in [1.54, 1.807) is 31.3 Å². The van der Waals surface area contributed by atoms with Crippen molar-refractivity contribution in [1.82, 2.24) is 15.2 Å². The molecule has 168 valence electrons. The lowest BCUT2D eigenvalue weighted by Crippen LogP contribution is -2.45. The van der Waals surface area contributed by atoms with Gasteiger partial charge < -0.3 is 20.3 Å². The van der Waals surface area contributed by atoms with Crippen LogP contribution in [0.2, 0.25) is 0 Å². The maximum atomic E-state index is 12.9. The third-order valence-electron chi connectivity index (χ3n) is 5.69. The molecule has 3 heterocycles. The number of imide groups is 1. The number of carbonyl (C=O) groups is 3. The lowest BCUT2D eigenvalue weighted by molar-refractivity contribution is -0.133.